The largest absolute Gasteiger partial charge is 0.334 e. The standard InChI is InChI=1S/C16H19N3O/c1-11-6-8-19(15(11)10-17)16(20)13-4-5-14-12(9-13)3-2-7-18-14/h2-5,7,9,11,15H,6,8,10,17H2,1H3. The van der Waals surface area contributed by atoms with Gasteiger partial charge in [0.2, 0.25) is 0 Å². The number of benzene rings is 1. The van der Waals surface area contributed by atoms with E-state index in [2.05, 4.69) is 11.9 Å². The Labute approximate surface area is 118 Å². The molecule has 2 atom stereocenters. The molecule has 0 aliphatic carbocycles. The summed E-state index contributed by atoms with van der Waals surface area (Å²) in [6, 6.07) is 9.70. The Balaban J connectivity index is 1.92. The van der Waals surface area contributed by atoms with Crippen LogP contribution < -0.4 is 5.73 Å². The zero-order valence-corrected chi connectivity index (χ0v) is 11.6. The molecule has 2 unspecified atom stereocenters. The minimum atomic E-state index is 0.0792. The van der Waals surface area contributed by atoms with Gasteiger partial charge in [0.05, 0.1) is 5.52 Å². The first-order valence-corrected chi connectivity index (χ1v) is 7.06. The van der Waals surface area contributed by atoms with Gasteiger partial charge in [-0.1, -0.05) is 13.0 Å². The zero-order chi connectivity index (χ0) is 14.1. The molecule has 2 heterocycles. The number of rotatable bonds is 2. The average Bonchev–Trinajstić information content (AvgIpc) is 2.86. The van der Waals surface area contributed by atoms with Crippen LogP contribution in [0.4, 0.5) is 0 Å². The monoisotopic (exact) mass is 269 g/mol. The number of pyridine rings is 1. The van der Waals surface area contributed by atoms with Crippen molar-refractivity contribution in [3.63, 3.8) is 0 Å². The summed E-state index contributed by atoms with van der Waals surface area (Å²) in [6.45, 7) is 3.49. The second kappa shape index (κ2) is 5.21. The Bertz CT molecular complexity index is 640. The molecule has 1 aromatic heterocycles. The van der Waals surface area contributed by atoms with Crippen molar-refractivity contribution in [1.29, 1.82) is 0 Å². The van der Waals surface area contributed by atoms with Crippen molar-refractivity contribution in [3.05, 3.63) is 42.1 Å². The summed E-state index contributed by atoms with van der Waals surface area (Å²) in [6.07, 6.45) is 2.79. The molecule has 1 aliphatic heterocycles. The number of carbonyl (C=O) groups excluding carboxylic acids is 1. The van der Waals surface area contributed by atoms with Gasteiger partial charge in [0.1, 0.15) is 0 Å². The van der Waals surface area contributed by atoms with Crippen molar-refractivity contribution < 1.29 is 4.79 Å². The van der Waals surface area contributed by atoms with Gasteiger partial charge in [-0.3, -0.25) is 9.78 Å². The van der Waals surface area contributed by atoms with Gasteiger partial charge >= 0.3 is 0 Å². The van der Waals surface area contributed by atoms with Gasteiger partial charge in [-0.05, 0) is 36.6 Å². The van der Waals surface area contributed by atoms with Crippen LogP contribution in [0.5, 0.6) is 0 Å². The Morgan fingerprint density at radius 1 is 1.45 bits per heavy atom. The van der Waals surface area contributed by atoms with Crippen LogP contribution >= 0.6 is 0 Å². The van der Waals surface area contributed by atoms with E-state index in [-0.39, 0.29) is 11.9 Å². The number of carbonyl (C=O) groups is 1. The van der Waals surface area contributed by atoms with Crippen molar-refractivity contribution in [1.82, 2.24) is 9.88 Å². The highest BCUT2D eigenvalue weighted by Gasteiger charge is 2.33. The summed E-state index contributed by atoms with van der Waals surface area (Å²) in [5, 5.41) is 0.995. The number of aromatic nitrogens is 1. The molecule has 2 N–H and O–H groups in total. The van der Waals surface area contributed by atoms with Crippen LogP contribution in [-0.2, 0) is 0 Å². The normalized spacial score (nSPS) is 22.4. The highest BCUT2D eigenvalue weighted by molar-refractivity contribution is 5.98. The van der Waals surface area contributed by atoms with E-state index in [1.165, 1.54) is 0 Å². The first kappa shape index (κ1) is 13.1. The Kier molecular flexibility index (Phi) is 3.40. The van der Waals surface area contributed by atoms with Gasteiger partial charge in [0, 0.05) is 36.3 Å². The fourth-order valence-electron chi connectivity index (χ4n) is 2.99. The van der Waals surface area contributed by atoms with Crippen LogP contribution in [0.1, 0.15) is 23.7 Å². The molecular formula is C16H19N3O. The van der Waals surface area contributed by atoms with E-state index in [0.29, 0.717) is 12.5 Å². The average molecular weight is 269 g/mol. The maximum atomic E-state index is 12.7. The van der Waals surface area contributed by atoms with Crippen molar-refractivity contribution in [2.24, 2.45) is 11.7 Å². The summed E-state index contributed by atoms with van der Waals surface area (Å²) in [5.74, 6) is 0.557. The van der Waals surface area contributed by atoms with Crippen LogP contribution in [0.15, 0.2) is 36.5 Å². The predicted molar refractivity (Wildman–Crippen MR) is 79.4 cm³/mol. The third kappa shape index (κ3) is 2.16. The third-order valence-electron chi connectivity index (χ3n) is 4.23. The van der Waals surface area contributed by atoms with E-state index >= 15 is 0 Å². The number of nitrogens with zero attached hydrogens (tertiary/aromatic N) is 2. The lowest BCUT2D eigenvalue weighted by molar-refractivity contribution is 0.0727. The second-order valence-electron chi connectivity index (χ2n) is 5.48. The molecule has 4 nitrogen and oxygen atoms in total. The van der Waals surface area contributed by atoms with Crippen molar-refractivity contribution in [2.45, 2.75) is 19.4 Å². The summed E-state index contributed by atoms with van der Waals surface area (Å²) >= 11 is 0. The van der Waals surface area contributed by atoms with Crippen LogP contribution in [-0.4, -0.2) is 34.9 Å². The number of likely N-dealkylation sites (tertiary alicyclic amines) is 1. The van der Waals surface area contributed by atoms with Crippen molar-refractivity contribution in [2.75, 3.05) is 13.1 Å². The maximum absolute atomic E-state index is 12.7. The molecule has 0 bridgehead atoms. The molecule has 1 aliphatic rings. The molecular weight excluding hydrogens is 250 g/mol. The van der Waals surface area contributed by atoms with Gasteiger partial charge in [-0.25, -0.2) is 0 Å². The number of nitrogens with two attached hydrogens (primary N) is 1. The highest BCUT2D eigenvalue weighted by Crippen LogP contribution is 2.25. The van der Waals surface area contributed by atoms with E-state index in [9.17, 15) is 4.79 Å². The summed E-state index contributed by atoms with van der Waals surface area (Å²) in [4.78, 5) is 18.9. The lowest BCUT2D eigenvalue weighted by atomic mass is 10.0. The van der Waals surface area contributed by atoms with Crippen LogP contribution in [0.25, 0.3) is 10.9 Å². The first-order chi connectivity index (χ1) is 9.70. The van der Waals surface area contributed by atoms with E-state index in [0.717, 1.165) is 29.4 Å². The summed E-state index contributed by atoms with van der Waals surface area (Å²) in [7, 11) is 0. The molecule has 3 rings (SSSR count). The van der Waals surface area contributed by atoms with E-state index in [1.54, 1.807) is 6.20 Å². The second-order valence-corrected chi connectivity index (χ2v) is 5.48. The van der Waals surface area contributed by atoms with Crippen LogP contribution in [0.2, 0.25) is 0 Å². The van der Waals surface area contributed by atoms with Gasteiger partial charge in [0.25, 0.3) is 5.91 Å². The van der Waals surface area contributed by atoms with Crippen LogP contribution in [0, 0.1) is 5.92 Å². The number of hydrogen-bond acceptors (Lipinski definition) is 3. The molecule has 4 heteroatoms. The third-order valence-corrected chi connectivity index (χ3v) is 4.23. The minimum absolute atomic E-state index is 0.0792. The lowest BCUT2D eigenvalue weighted by Crippen LogP contribution is -2.42. The van der Waals surface area contributed by atoms with Crippen molar-refractivity contribution >= 4 is 16.8 Å². The van der Waals surface area contributed by atoms with Crippen molar-refractivity contribution in [3.8, 4) is 0 Å². The lowest BCUT2D eigenvalue weighted by Gasteiger charge is -2.25. The van der Waals surface area contributed by atoms with Crippen LogP contribution in [0.3, 0.4) is 0 Å². The quantitative estimate of drug-likeness (QED) is 0.907. The Hall–Kier alpha value is -1.94. The number of amides is 1. The van der Waals surface area contributed by atoms with Gasteiger partial charge in [-0.15, -0.1) is 0 Å². The molecule has 1 amide bonds. The molecule has 104 valence electrons. The molecule has 0 saturated carbocycles. The van der Waals surface area contributed by atoms with Gasteiger partial charge in [-0.2, -0.15) is 0 Å². The number of fused-ring (bicyclic) bond motifs is 1. The number of hydrogen-bond donors (Lipinski definition) is 1. The fraction of sp³-hybridized carbons (Fsp3) is 0.375. The molecule has 1 saturated heterocycles. The molecule has 20 heavy (non-hydrogen) atoms. The zero-order valence-electron chi connectivity index (χ0n) is 11.6. The minimum Gasteiger partial charge on any atom is -0.334 e. The molecule has 2 aromatic rings. The molecule has 0 spiro atoms. The smallest absolute Gasteiger partial charge is 0.254 e. The van der Waals surface area contributed by atoms with E-state index < -0.39 is 0 Å². The SMILES string of the molecule is CC1CCN(C(=O)c2ccc3ncccc3c2)C1CN. The molecule has 0 radical (unpaired) electrons. The fourth-order valence-corrected chi connectivity index (χ4v) is 2.99. The Morgan fingerprint density at radius 3 is 3.10 bits per heavy atom. The molecule has 1 aromatic carbocycles. The van der Waals surface area contributed by atoms with Gasteiger partial charge < -0.3 is 10.6 Å². The summed E-state index contributed by atoms with van der Waals surface area (Å²) in [5.41, 5.74) is 7.45. The van der Waals surface area contributed by atoms with E-state index in [4.69, 9.17) is 5.73 Å². The van der Waals surface area contributed by atoms with E-state index in [1.807, 2.05) is 35.2 Å². The van der Waals surface area contributed by atoms with Gasteiger partial charge in [0.15, 0.2) is 0 Å². The molecule has 1 fully saturated rings. The predicted octanol–water partition coefficient (Wildman–Crippen LogP) is 2.04. The maximum Gasteiger partial charge on any atom is 0.254 e. The first-order valence-electron chi connectivity index (χ1n) is 7.06. The summed E-state index contributed by atoms with van der Waals surface area (Å²) < 4.78 is 0. The Morgan fingerprint density at radius 2 is 2.30 bits per heavy atom. The topological polar surface area (TPSA) is 59.2 Å². The highest BCUT2D eigenvalue weighted by atomic mass is 16.2.